The highest BCUT2D eigenvalue weighted by Crippen LogP contribution is 2.31. The van der Waals surface area contributed by atoms with Crippen molar-refractivity contribution in [2.24, 2.45) is 0 Å². The number of ether oxygens (including phenoxy) is 1. The van der Waals surface area contributed by atoms with E-state index in [1.807, 2.05) is 0 Å². The Kier molecular flexibility index (Phi) is 11.3. The van der Waals surface area contributed by atoms with Crippen LogP contribution in [0.4, 0.5) is 0 Å². The molecule has 0 radical (unpaired) electrons. The Morgan fingerprint density at radius 2 is 1.16 bits per heavy atom. The van der Waals surface area contributed by atoms with Crippen LogP contribution in [0.2, 0.25) is 0 Å². The highest BCUT2D eigenvalue weighted by atomic mass is 16.6. The molecule has 2 atom stereocenters. The summed E-state index contributed by atoms with van der Waals surface area (Å²) in [6.45, 7) is 3.59. The molecule has 0 amide bonds. The minimum atomic E-state index is -0.635. The normalized spacial score (nSPS) is 21.4. The number of ketones is 2. The monoisotopic (exact) mass is 434 g/mol. The maximum absolute atomic E-state index is 12.0. The van der Waals surface area contributed by atoms with Crippen molar-refractivity contribution in [3.8, 4) is 0 Å². The van der Waals surface area contributed by atoms with Crippen LogP contribution in [0.1, 0.15) is 117 Å². The predicted octanol–water partition coefficient (Wildman–Crippen LogP) is 6.81. The highest BCUT2D eigenvalue weighted by molar-refractivity contribution is 6.22. The lowest BCUT2D eigenvalue weighted by molar-refractivity contribution is -0.120. The summed E-state index contributed by atoms with van der Waals surface area (Å²) in [5.74, 6) is -2.24. The number of carbonyl (C=O) groups is 2. The second kappa shape index (κ2) is 13.7. The smallest absolute Gasteiger partial charge is 0.227 e. The minimum Gasteiger partial charge on any atom is -0.504 e. The number of epoxide rings is 1. The van der Waals surface area contributed by atoms with Crippen LogP contribution in [0.3, 0.4) is 0 Å². The molecule has 2 aliphatic rings. The van der Waals surface area contributed by atoms with E-state index in [9.17, 15) is 19.8 Å². The molecule has 1 aliphatic heterocycles. The number of allylic oxidation sites excluding steroid dienone is 2. The zero-order valence-corrected chi connectivity index (χ0v) is 19.6. The van der Waals surface area contributed by atoms with Crippen molar-refractivity contribution in [1.29, 1.82) is 0 Å². The second-order valence-corrected chi connectivity index (χ2v) is 9.24. The van der Waals surface area contributed by atoms with Gasteiger partial charge in [-0.15, -0.1) is 0 Å². The van der Waals surface area contributed by atoms with Gasteiger partial charge in [-0.3, -0.25) is 9.59 Å². The molecule has 1 saturated heterocycles. The van der Waals surface area contributed by atoms with Gasteiger partial charge in [0.1, 0.15) is 0 Å². The molecule has 0 aromatic heterocycles. The lowest BCUT2D eigenvalue weighted by Gasteiger charge is -2.15. The maximum Gasteiger partial charge on any atom is 0.227 e. The molecule has 0 spiro atoms. The minimum absolute atomic E-state index is 0.0674. The molecule has 2 rings (SSSR count). The van der Waals surface area contributed by atoms with Crippen LogP contribution in [-0.2, 0) is 14.3 Å². The van der Waals surface area contributed by atoms with Crippen molar-refractivity contribution in [2.45, 2.75) is 129 Å². The predicted molar refractivity (Wildman–Crippen MR) is 123 cm³/mol. The molecule has 1 aliphatic carbocycles. The zero-order chi connectivity index (χ0) is 22.6. The van der Waals surface area contributed by atoms with Crippen molar-refractivity contribution in [3.05, 3.63) is 22.7 Å². The Morgan fingerprint density at radius 1 is 0.677 bits per heavy atom. The lowest BCUT2D eigenvalue weighted by atomic mass is 9.91. The Balaban J connectivity index is 1.38. The number of Topliss-reactive ketones (excluding diaryl/α,β-unsaturated/α-hetero) is 2. The Morgan fingerprint density at radius 3 is 1.71 bits per heavy atom. The topological polar surface area (TPSA) is 87.1 Å². The molecule has 0 aromatic carbocycles. The molecular weight excluding hydrogens is 392 g/mol. The third kappa shape index (κ3) is 8.44. The number of hydrogen-bond acceptors (Lipinski definition) is 5. The van der Waals surface area contributed by atoms with Crippen LogP contribution >= 0.6 is 0 Å². The van der Waals surface area contributed by atoms with E-state index < -0.39 is 23.1 Å². The van der Waals surface area contributed by atoms with Gasteiger partial charge in [0.25, 0.3) is 0 Å². The Bertz CT molecular complexity index is 661. The van der Waals surface area contributed by atoms with Gasteiger partial charge in [-0.2, -0.15) is 0 Å². The second-order valence-electron chi connectivity index (χ2n) is 9.24. The highest BCUT2D eigenvalue weighted by Gasteiger charge is 2.36. The molecule has 5 nitrogen and oxygen atoms in total. The van der Waals surface area contributed by atoms with Crippen LogP contribution in [-0.4, -0.2) is 34.0 Å². The zero-order valence-electron chi connectivity index (χ0n) is 19.6. The standard InChI is InChI=1S/C26H42O5/c1-3-4-17-21-22(31-21)18-15-13-11-9-7-5-6-8-10-12-14-16-20-25(29)23(27)19(2)24(28)26(20)30/h21-22,27,30H,3-18H2,1-2H3/t21-,22-/m0/s1. The summed E-state index contributed by atoms with van der Waals surface area (Å²) in [5, 5.41) is 19.6. The van der Waals surface area contributed by atoms with Gasteiger partial charge >= 0.3 is 0 Å². The van der Waals surface area contributed by atoms with Crippen molar-refractivity contribution in [2.75, 3.05) is 0 Å². The third-order valence-electron chi connectivity index (χ3n) is 6.63. The van der Waals surface area contributed by atoms with E-state index in [0.717, 1.165) is 19.3 Å². The SMILES string of the molecule is CCCC[C@@H]1O[C@H]1CCCCCCCCCCCCCC1=C(O)C(=O)C(C)=C(O)C1=O. The fraction of sp³-hybridized carbons (Fsp3) is 0.769. The Hall–Kier alpha value is -1.62. The first kappa shape index (κ1) is 25.6. The van der Waals surface area contributed by atoms with Crippen LogP contribution < -0.4 is 0 Å². The van der Waals surface area contributed by atoms with E-state index in [2.05, 4.69) is 6.92 Å². The number of aliphatic hydroxyl groups is 2. The van der Waals surface area contributed by atoms with Gasteiger partial charge in [0.05, 0.1) is 12.2 Å². The van der Waals surface area contributed by atoms with Gasteiger partial charge in [0, 0.05) is 11.1 Å². The van der Waals surface area contributed by atoms with Crippen molar-refractivity contribution >= 4 is 11.6 Å². The van der Waals surface area contributed by atoms with Gasteiger partial charge in [0.15, 0.2) is 11.5 Å². The molecule has 5 heteroatoms. The number of aliphatic hydroxyl groups excluding tert-OH is 2. The summed E-state index contributed by atoms with van der Waals surface area (Å²) in [5.41, 5.74) is -0.00273. The molecule has 1 fully saturated rings. The van der Waals surface area contributed by atoms with Crippen LogP contribution in [0.25, 0.3) is 0 Å². The number of hydrogen-bond donors (Lipinski definition) is 2. The quantitative estimate of drug-likeness (QED) is 0.149. The van der Waals surface area contributed by atoms with Gasteiger partial charge < -0.3 is 14.9 Å². The average molecular weight is 435 g/mol. The van der Waals surface area contributed by atoms with Crippen LogP contribution in [0.5, 0.6) is 0 Å². The molecule has 31 heavy (non-hydrogen) atoms. The number of rotatable bonds is 17. The molecule has 2 N–H and O–H groups in total. The number of unbranched alkanes of at least 4 members (excludes halogenated alkanes) is 11. The average Bonchev–Trinajstić information content (AvgIpc) is 3.52. The first-order valence-corrected chi connectivity index (χ1v) is 12.5. The fourth-order valence-corrected chi connectivity index (χ4v) is 4.41. The van der Waals surface area contributed by atoms with Crippen LogP contribution in [0.15, 0.2) is 22.7 Å². The summed E-state index contributed by atoms with van der Waals surface area (Å²) in [4.78, 5) is 23.8. The molecule has 0 unspecified atom stereocenters. The summed E-state index contributed by atoms with van der Waals surface area (Å²) in [6.07, 6.45) is 19.6. The van der Waals surface area contributed by atoms with Gasteiger partial charge in [-0.1, -0.05) is 84.0 Å². The maximum atomic E-state index is 12.0. The van der Waals surface area contributed by atoms with E-state index in [1.165, 1.54) is 84.0 Å². The third-order valence-corrected chi connectivity index (χ3v) is 6.63. The first-order chi connectivity index (χ1) is 15.0. The van der Waals surface area contributed by atoms with E-state index in [4.69, 9.17) is 4.74 Å². The van der Waals surface area contributed by atoms with E-state index in [0.29, 0.717) is 18.6 Å². The summed E-state index contributed by atoms with van der Waals surface area (Å²) in [6, 6.07) is 0. The van der Waals surface area contributed by atoms with E-state index >= 15 is 0 Å². The van der Waals surface area contributed by atoms with Crippen molar-refractivity contribution in [1.82, 2.24) is 0 Å². The van der Waals surface area contributed by atoms with E-state index in [1.54, 1.807) is 0 Å². The molecule has 1 heterocycles. The lowest BCUT2D eigenvalue weighted by Crippen LogP contribution is -2.22. The van der Waals surface area contributed by atoms with Crippen molar-refractivity contribution < 1.29 is 24.5 Å². The molecular formula is C26H42O5. The summed E-state index contributed by atoms with van der Waals surface area (Å²) in [7, 11) is 0. The van der Waals surface area contributed by atoms with Gasteiger partial charge in [0.2, 0.25) is 11.6 Å². The molecule has 0 bridgehead atoms. The van der Waals surface area contributed by atoms with Gasteiger partial charge in [-0.25, -0.2) is 0 Å². The van der Waals surface area contributed by atoms with Gasteiger partial charge in [-0.05, 0) is 32.6 Å². The first-order valence-electron chi connectivity index (χ1n) is 12.5. The molecule has 0 saturated carbocycles. The number of carbonyl (C=O) groups excluding carboxylic acids is 2. The summed E-state index contributed by atoms with van der Waals surface area (Å²) >= 11 is 0. The summed E-state index contributed by atoms with van der Waals surface area (Å²) < 4.78 is 5.72. The van der Waals surface area contributed by atoms with Crippen LogP contribution in [0, 0.1) is 0 Å². The fourth-order valence-electron chi connectivity index (χ4n) is 4.41. The largest absolute Gasteiger partial charge is 0.504 e. The Labute approximate surface area is 187 Å². The van der Waals surface area contributed by atoms with E-state index in [-0.39, 0.29) is 11.1 Å². The van der Waals surface area contributed by atoms with Crippen molar-refractivity contribution in [3.63, 3.8) is 0 Å². The molecule has 0 aromatic rings. The molecule has 176 valence electrons.